The lowest BCUT2D eigenvalue weighted by molar-refractivity contribution is -0.128. The Morgan fingerprint density at radius 1 is 1.35 bits per heavy atom. The number of hydrogen-bond donors (Lipinski definition) is 1. The predicted molar refractivity (Wildman–Crippen MR) is 88.1 cm³/mol. The fourth-order valence-corrected chi connectivity index (χ4v) is 2.06. The molecule has 0 radical (unpaired) electrons. The van der Waals surface area contributed by atoms with Gasteiger partial charge in [0.25, 0.3) is 0 Å². The minimum atomic E-state index is 0.0753. The third-order valence-electron chi connectivity index (χ3n) is 3.28. The number of thiocarbonyl (C=S) groups is 1. The number of carbonyl (C=O) groups is 1. The first-order valence-corrected chi connectivity index (χ1v) is 7.19. The molecule has 0 spiro atoms. The van der Waals surface area contributed by atoms with E-state index in [1.807, 2.05) is 18.2 Å². The highest BCUT2D eigenvalue weighted by atomic mass is 32.1. The van der Waals surface area contributed by atoms with Gasteiger partial charge in [-0.3, -0.25) is 4.79 Å². The number of hydrogen-bond acceptors (Lipinski definition) is 3. The van der Waals surface area contributed by atoms with Gasteiger partial charge < -0.3 is 15.5 Å². The Balaban J connectivity index is 2.67. The van der Waals surface area contributed by atoms with E-state index in [1.165, 1.54) is 5.56 Å². The van der Waals surface area contributed by atoms with Crippen LogP contribution in [0.3, 0.4) is 0 Å². The Bertz CT molecular complexity index is 476. The van der Waals surface area contributed by atoms with E-state index >= 15 is 0 Å². The van der Waals surface area contributed by atoms with Gasteiger partial charge in [0.2, 0.25) is 5.91 Å². The van der Waals surface area contributed by atoms with Gasteiger partial charge in [0, 0.05) is 32.2 Å². The smallest absolute Gasteiger partial charge is 0.241 e. The van der Waals surface area contributed by atoms with Crippen LogP contribution in [-0.2, 0) is 4.79 Å². The summed E-state index contributed by atoms with van der Waals surface area (Å²) < 4.78 is 0. The van der Waals surface area contributed by atoms with Crippen LogP contribution in [0, 0.1) is 6.92 Å². The van der Waals surface area contributed by atoms with Crippen molar-refractivity contribution in [1.29, 1.82) is 0 Å². The van der Waals surface area contributed by atoms with Crippen molar-refractivity contribution >= 4 is 28.8 Å². The average molecular weight is 293 g/mol. The van der Waals surface area contributed by atoms with Crippen molar-refractivity contribution < 1.29 is 4.79 Å². The fraction of sp³-hybridized carbons (Fsp3) is 0.467. The zero-order chi connectivity index (χ0) is 15.1. The van der Waals surface area contributed by atoms with E-state index < -0.39 is 0 Å². The maximum atomic E-state index is 12.2. The number of carbonyl (C=O) groups excluding carboxylic acids is 1. The van der Waals surface area contributed by atoms with Crippen LogP contribution < -0.4 is 10.6 Å². The molecule has 1 rings (SSSR count). The Labute approximate surface area is 126 Å². The Hall–Kier alpha value is -1.62. The molecule has 0 aliphatic carbocycles. The standard InChI is InChI=1S/C15H23N3OS/c1-4-18(13-8-6-5-7-12(13)2)11-15(19)17(3)10-9-14(16)20/h5-8H,4,9-11H2,1-3H3,(H2,16,20). The van der Waals surface area contributed by atoms with Crippen LogP contribution in [0.2, 0.25) is 0 Å². The van der Waals surface area contributed by atoms with Gasteiger partial charge in [-0.05, 0) is 25.5 Å². The highest BCUT2D eigenvalue weighted by molar-refractivity contribution is 7.80. The van der Waals surface area contributed by atoms with Crippen molar-refractivity contribution in [3.63, 3.8) is 0 Å². The SMILES string of the molecule is CCN(CC(=O)N(C)CCC(N)=S)c1ccccc1C. The van der Waals surface area contributed by atoms with Gasteiger partial charge in [0.1, 0.15) is 0 Å². The first-order valence-electron chi connectivity index (χ1n) is 6.78. The van der Waals surface area contributed by atoms with Crippen LogP contribution in [0.15, 0.2) is 24.3 Å². The molecular formula is C15H23N3OS. The van der Waals surface area contributed by atoms with Gasteiger partial charge in [-0.15, -0.1) is 0 Å². The maximum Gasteiger partial charge on any atom is 0.241 e. The van der Waals surface area contributed by atoms with E-state index in [0.717, 1.165) is 12.2 Å². The number of amides is 1. The van der Waals surface area contributed by atoms with E-state index in [-0.39, 0.29) is 5.91 Å². The van der Waals surface area contributed by atoms with Crippen LogP contribution in [0.4, 0.5) is 5.69 Å². The monoisotopic (exact) mass is 293 g/mol. The number of anilines is 1. The predicted octanol–water partition coefficient (Wildman–Crippen LogP) is 1.96. The van der Waals surface area contributed by atoms with E-state index in [2.05, 4.69) is 24.8 Å². The number of likely N-dealkylation sites (N-methyl/N-ethyl adjacent to an activating group) is 2. The fourth-order valence-electron chi connectivity index (χ4n) is 1.97. The van der Waals surface area contributed by atoms with Crippen molar-refractivity contribution in [1.82, 2.24) is 4.90 Å². The molecule has 1 amide bonds. The molecule has 1 aromatic rings. The second-order valence-electron chi connectivity index (χ2n) is 4.83. The van der Waals surface area contributed by atoms with Crippen molar-refractivity contribution in [2.45, 2.75) is 20.3 Å². The van der Waals surface area contributed by atoms with Crippen LogP contribution in [-0.4, -0.2) is 42.5 Å². The molecule has 0 aliphatic heterocycles. The summed E-state index contributed by atoms with van der Waals surface area (Å²) in [6, 6.07) is 8.09. The Kier molecular flexibility index (Phi) is 6.45. The van der Waals surface area contributed by atoms with Gasteiger partial charge >= 0.3 is 0 Å². The van der Waals surface area contributed by atoms with Crippen LogP contribution >= 0.6 is 12.2 Å². The third kappa shape index (κ3) is 4.81. The Morgan fingerprint density at radius 2 is 2.00 bits per heavy atom. The molecule has 0 aliphatic rings. The normalized spacial score (nSPS) is 10.2. The molecule has 110 valence electrons. The first kappa shape index (κ1) is 16.4. The molecule has 1 aromatic carbocycles. The van der Waals surface area contributed by atoms with Gasteiger partial charge in [-0.2, -0.15) is 0 Å². The maximum absolute atomic E-state index is 12.2. The summed E-state index contributed by atoms with van der Waals surface area (Å²) in [6.45, 7) is 5.84. The molecule has 2 N–H and O–H groups in total. The summed E-state index contributed by atoms with van der Waals surface area (Å²) in [5.41, 5.74) is 7.74. The van der Waals surface area contributed by atoms with E-state index in [1.54, 1.807) is 11.9 Å². The number of nitrogens with zero attached hydrogens (tertiary/aromatic N) is 2. The minimum Gasteiger partial charge on any atom is -0.393 e. The topological polar surface area (TPSA) is 49.6 Å². The largest absolute Gasteiger partial charge is 0.393 e. The molecule has 0 aromatic heterocycles. The van der Waals surface area contributed by atoms with E-state index in [4.69, 9.17) is 18.0 Å². The highest BCUT2D eigenvalue weighted by Crippen LogP contribution is 2.18. The third-order valence-corrected chi connectivity index (χ3v) is 3.49. The summed E-state index contributed by atoms with van der Waals surface area (Å²) in [4.78, 5) is 16.4. The molecule has 0 atom stereocenters. The lowest BCUT2D eigenvalue weighted by Gasteiger charge is -2.27. The number of aryl methyl sites for hydroxylation is 1. The lowest BCUT2D eigenvalue weighted by atomic mass is 10.2. The van der Waals surface area contributed by atoms with Crippen molar-refractivity contribution in [2.24, 2.45) is 5.73 Å². The van der Waals surface area contributed by atoms with E-state index in [9.17, 15) is 4.79 Å². The van der Waals surface area contributed by atoms with Crippen LogP contribution in [0.1, 0.15) is 18.9 Å². The van der Waals surface area contributed by atoms with Gasteiger partial charge in [-0.25, -0.2) is 0 Å². The van der Waals surface area contributed by atoms with Crippen LogP contribution in [0.5, 0.6) is 0 Å². The number of rotatable bonds is 7. The highest BCUT2D eigenvalue weighted by Gasteiger charge is 2.15. The number of benzene rings is 1. The minimum absolute atomic E-state index is 0.0753. The molecule has 0 bridgehead atoms. The molecule has 20 heavy (non-hydrogen) atoms. The molecule has 0 saturated heterocycles. The molecule has 5 heteroatoms. The zero-order valence-corrected chi connectivity index (χ0v) is 13.2. The van der Waals surface area contributed by atoms with Crippen molar-refractivity contribution in [3.05, 3.63) is 29.8 Å². The molecular weight excluding hydrogens is 270 g/mol. The summed E-state index contributed by atoms with van der Waals surface area (Å²) in [7, 11) is 1.78. The summed E-state index contributed by atoms with van der Waals surface area (Å²) in [6.07, 6.45) is 0.564. The second kappa shape index (κ2) is 7.85. The number of nitrogens with two attached hydrogens (primary N) is 1. The van der Waals surface area contributed by atoms with Crippen molar-refractivity contribution in [3.8, 4) is 0 Å². The van der Waals surface area contributed by atoms with E-state index in [0.29, 0.717) is 24.5 Å². The molecule has 4 nitrogen and oxygen atoms in total. The quantitative estimate of drug-likeness (QED) is 0.781. The molecule has 0 heterocycles. The van der Waals surface area contributed by atoms with Crippen molar-refractivity contribution in [2.75, 3.05) is 31.6 Å². The first-order chi connectivity index (χ1) is 9.45. The average Bonchev–Trinajstić information content (AvgIpc) is 2.42. The molecule has 0 unspecified atom stereocenters. The van der Waals surface area contributed by atoms with Gasteiger partial charge in [0.15, 0.2) is 0 Å². The van der Waals surface area contributed by atoms with Gasteiger partial charge in [0.05, 0.1) is 11.5 Å². The molecule has 0 saturated carbocycles. The lowest BCUT2D eigenvalue weighted by Crippen LogP contribution is -2.39. The van der Waals surface area contributed by atoms with Crippen LogP contribution in [0.25, 0.3) is 0 Å². The van der Waals surface area contributed by atoms with Gasteiger partial charge in [-0.1, -0.05) is 30.4 Å². The summed E-state index contributed by atoms with van der Waals surface area (Å²) in [5.74, 6) is 0.0753. The Morgan fingerprint density at radius 3 is 2.55 bits per heavy atom. The summed E-state index contributed by atoms with van der Waals surface area (Å²) >= 11 is 4.83. The summed E-state index contributed by atoms with van der Waals surface area (Å²) in [5, 5.41) is 0. The second-order valence-corrected chi connectivity index (χ2v) is 5.36. The number of para-hydroxylation sites is 1. The zero-order valence-electron chi connectivity index (χ0n) is 12.4. The molecule has 0 fully saturated rings.